The van der Waals surface area contributed by atoms with Gasteiger partial charge >= 0.3 is 5.97 Å². The van der Waals surface area contributed by atoms with Crippen LogP contribution in [-0.2, 0) is 0 Å². The van der Waals surface area contributed by atoms with E-state index in [0.29, 0.717) is 11.3 Å². The summed E-state index contributed by atoms with van der Waals surface area (Å²) in [7, 11) is 0. The molecule has 2 heterocycles. The van der Waals surface area contributed by atoms with Crippen LogP contribution in [0.3, 0.4) is 0 Å². The maximum Gasteiger partial charge on any atom is 0.335 e. The third-order valence-electron chi connectivity index (χ3n) is 5.08. The van der Waals surface area contributed by atoms with Gasteiger partial charge in [0.15, 0.2) is 5.82 Å². The van der Waals surface area contributed by atoms with Crippen LogP contribution in [0.4, 0.5) is 5.69 Å². The zero-order valence-electron chi connectivity index (χ0n) is 15.8. The standard InChI is InChI=1S/C22H13N5O4/c28-20-15-8-6-14(22(30)31)11-16(15)21(29)27(20)18-9-7-13(12-4-2-1-3-5-12)10-17(18)19-23-25-26-24-19/h1-11H,(H,30,31)(H,23,24,25,26). The highest BCUT2D eigenvalue weighted by molar-refractivity contribution is 6.35. The maximum absolute atomic E-state index is 13.1. The molecule has 9 heteroatoms. The van der Waals surface area contributed by atoms with Crippen LogP contribution in [0, 0.1) is 0 Å². The summed E-state index contributed by atoms with van der Waals surface area (Å²) < 4.78 is 0. The van der Waals surface area contributed by atoms with Gasteiger partial charge in [-0.1, -0.05) is 36.4 Å². The quantitative estimate of drug-likeness (QED) is 0.494. The lowest BCUT2D eigenvalue weighted by atomic mass is 10.0. The van der Waals surface area contributed by atoms with E-state index in [-0.39, 0.29) is 22.5 Å². The molecule has 0 atom stereocenters. The average molecular weight is 411 g/mol. The Balaban J connectivity index is 1.66. The molecule has 0 bridgehead atoms. The van der Waals surface area contributed by atoms with Crippen molar-refractivity contribution >= 4 is 23.5 Å². The summed E-state index contributed by atoms with van der Waals surface area (Å²) in [4.78, 5) is 38.5. The summed E-state index contributed by atoms with van der Waals surface area (Å²) in [6, 6.07) is 18.7. The number of carbonyl (C=O) groups excluding carboxylic acids is 2. The van der Waals surface area contributed by atoms with E-state index in [9.17, 15) is 19.5 Å². The number of rotatable bonds is 4. The SMILES string of the molecule is O=C(O)c1ccc2c(c1)C(=O)N(c1ccc(-c3ccccc3)cc1-c1nnn[nH]1)C2=O. The van der Waals surface area contributed by atoms with Crippen LogP contribution in [0.15, 0.2) is 66.7 Å². The molecule has 3 aromatic carbocycles. The summed E-state index contributed by atoms with van der Waals surface area (Å²) in [5, 5.41) is 23.0. The molecule has 1 aliphatic heterocycles. The lowest BCUT2D eigenvalue weighted by Gasteiger charge is -2.18. The van der Waals surface area contributed by atoms with Gasteiger partial charge in [0, 0.05) is 5.56 Å². The Bertz CT molecular complexity index is 1350. The van der Waals surface area contributed by atoms with Gasteiger partial charge in [0.25, 0.3) is 11.8 Å². The van der Waals surface area contributed by atoms with Gasteiger partial charge in [-0.3, -0.25) is 9.59 Å². The van der Waals surface area contributed by atoms with Crippen molar-refractivity contribution in [2.75, 3.05) is 4.90 Å². The highest BCUT2D eigenvalue weighted by Crippen LogP contribution is 2.37. The topological polar surface area (TPSA) is 129 Å². The number of aromatic nitrogens is 4. The van der Waals surface area contributed by atoms with Crippen molar-refractivity contribution < 1.29 is 19.5 Å². The Labute approximate surface area is 175 Å². The minimum Gasteiger partial charge on any atom is -0.478 e. The number of aromatic amines is 1. The highest BCUT2D eigenvalue weighted by atomic mass is 16.4. The number of H-pyrrole nitrogens is 1. The number of hydrogen-bond donors (Lipinski definition) is 2. The van der Waals surface area contributed by atoms with Gasteiger partial charge in [0.2, 0.25) is 0 Å². The first-order valence-electron chi connectivity index (χ1n) is 9.24. The molecule has 0 spiro atoms. The van der Waals surface area contributed by atoms with Crippen LogP contribution in [0.25, 0.3) is 22.5 Å². The summed E-state index contributed by atoms with van der Waals surface area (Å²) in [5.74, 6) is -2.04. The number of nitrogens with one attached hydrogen (secondary N) is 1. The van der Waals surface area contributed by atoms with Crippen LogP contribution < -0.4 is 4.90 Å². The molecule has 0 fully saturated rings. The van der Waals surface area contributed by atoms with E-state index in [0.717, 1.165) is 16.0 Å². The number of carboxylic acid groups (broad SMARTS) is 1. The number of carboxylic acids is 1. The van der Waals surface area contributed by atoms with Crippen molar-refractivity contribution in [1.82, 2.24) is 20.6 Å². The first-order chi connectivity index (χ1) is 15.0. The fourth-order valence-corrected chi connectivity index (χ4v) is 3.60. The number of imide groups is 1. The van der Waals surface area contributed by atoms with Crippen LogP contribution in [0.2, 0.25) is 0 Å². The van der Waals surface area contributed by atoms with E-state index < -0.39 is 17.8 Å². The second-order valence-electron chi connectivity index (χ2n) is 6.86. The number of tetrazole rings is 1. The fourth-order valence-electron chi connectivity index (χ4n) is 3.60. The van der Waals surface area contributed by atoms with Gasteiger partial charge in [0.1, 0.15) is 0 Å². The number of hydrogen-bond acceptors (Lipinski definition) is 6. The third kappa shape index (κ3) is 2.96. The first-order valence-corrected chi connectivity index (χ1v) is 9.24. The van der Waals surface area contributed by atoms with Crippen molar-refractivity contribution in [1.29, 1.82) is 0 Å². The molecule has 9 nitrogen and oxygen atoms in total. The van der Waals surface area contributed by atoms with Gasteiger partial charge in [-0.05, 0) is 51.9 Å². The molecular weight excluding hydrogens is 398 g/mol. The molecule has 150 valence electrons. The number of benzene rings is 3. The Morgan fingerprint density at radius 2 is 1.61 bits per heavy atom. The van der Waals surface area contributed by atoms with Gasteiger partial charge in [0.05, 0.1) is 22.4 Å². The van der Waals surface area contributed by atoms with Gasteiger partial charge < -0.3 is 5.11 Å². The second kappa shape index (κ2) is 6.99. The maximum atomic E-state index is 13.1. The van der Waals surface area contributed by atoms with E-state index in [1.165, 1.54) is 18.2 Å². The average Bonchev–Trinajstić information content (AvgIpc) is 3.41. The number of anilines is 1. The Hall–Kier alpha value is -4.66. The van der Waals surface area contributed by atoms with Crippen LogP contribution in [-0.4, -0.2) is 43.5 Å². The van der Waals surface area contributed by atoms with E-state index in [1.54, 1.807) is 18.2 Å². The first kappa shape index (κ1) is 18.4. The number of fused-ring (bicyclic) bond motifs is 1. The van der Waals surface area contributed by atoms with Crippen LogP contribution in [0.5, 0.6) is 0 Å². The molecule has 0 saturated heterocycles. The van der Waals surface area contributed by atoms with Gasteiger partial charge in [-0.15, -0.1) is 5.10 Å². The summed E-state index contributed by atoms with van der Waals surface area (Å²) in [6.45, 7) is 0. The van der Waals surface area contributed by atoms with E-state index >= 15 is 0 Å². The van der Waals surface area contributed by atoms with Crippen molar-refractivity contribution in [2.45, 2.75) is 0 Å². The second-order valence-corrected chi connectivity index (χ2v) is 6.86. The third-order valence-corrected chi connectivity index (χ3v) is 5.08. The highest BCUT2D eigenvalue weighted by Gasteiger charge is 2.38. The predicted octanol–water partition coefficient (Wildman–Crippen LogP) is 3.03. The minimum atomic E-state index is -1.18. The molecule has 0 unspecified atom stereocenters. The molecule has 1 aromatic heterocycles. The zero-order chi connectivity index (χ0) is 21.5. The molecule has 0 radical (unpaired) electrons. The monoisotopic (exact) mass is 411 g/mol. The minimum absolute atomic E-state index is 0.0404. The van der Waals surface area contributed by atoms with E-state index in [4.69, 9.17) is 0 Å². The Morgan fingerprint density at radius 3 is 2.32 bits per heavy atom. The normalized spacial score (nSPS) is 12.8. The summed E-state index contributed by atoms with van der Waals surface area (Å²) in [6.07, 6.45) is 0. The van der Waals surface area contributed by atoms with Crippen molar-refractivity contribution in [3.05, 3.63) is 83.4 Å². The molecule has 1 aliphatic rings. The van der Waals surface area contributed by atoms with Gasteiger partial charge in [-0.25, -0.2) is 14.8 Å². The van der Waals surface area contributed by atoms with Crippen molar-refractivity contribution in [3.63, 3.8) is 0 Å². The number of nitrogens with zero attached hydrogens (tertiary/aromatic N) is 4. The molecule has 0 saturated carbocycles. The molecule has 2 N–H and O–H groups in total. The van der Waals surface area contributed by atoms with Crippen molar-refractivity contribution in [3.8, 4) is 22.5 Å². The summed E-state index contributed by atoms with van der Waals surface area (Å²) >= 11 is 0. The van der Waals surface area contributed by atoms with Crippen molar-refractivity contribution in [2.24, 2.45) is 0 Å². The largest absolute Gasteiger partial charge is 0.478 e. The smallest absolute Gasteiger partial charge is 0.335 e. The molecule has 5 rings (SSSR count). The van der Waals surface area contributed by atoms with E-state index in [1.807, 2.05) is 30.3 Å². The number of carbonyl (C=O) groups is 3. The lowest BCUT2D eigenvalue weighted by molar-refractivity contribution is 0.0696. The van der Waals surface area contributed by atoms with Crippen LogP contribution in [0.1, 0.15) is 31.1 Å². The number of amides is 2. The Morgan fingerprint density at radius 1 is 0.839 bits per heavy atom. The molecule has 4 aromatic rings. The molecular formula is C22H13N5O4. The van der Waals surface area contributed by atoms with E-state index in [2.05, 4.69) is 20.6 Å². The lowest BCUT2D eigenvalue weighted by Crippen LogP contribution is -2.30. The zero-order valence-corrected chi connectivity index (χ0v) is 15.8. The fraction of sp³-hybridized carbons (Fsp3) is 0. The van der Waals surface area contributed by atoms with Crippen LogP contribution >= 0.6 is 0 Å². The van der Waals surface area contributed by atoms with Gasteiger partial charge in [-0.2, -0.15) is 0 Å². The number of aromatic carboxylic acids is 1. The molecule has 0 aliphatic carbocycles. The summed E-state index contributed by atoms with van der Waals surface area (Å²) in [5.41, 5.74) is 2.65. The molecule has 31 heavy (non-hydrogen) atoms. The predicted molar refractivity (Wildman–Crippen MR) is 110 cm³/mol. The Kier molecular flexibility index (Phi) is 4.14. The molecule has 2 amide bonds.